The van der Waals surface area contributed by atoms with Gasteiger partial charge in [0.1, 0.15) is 0 Å². The molecule has 1 saturated carbocycles. The van der Waals surface area contributed by atoms with Crippen molar-refractivity contribution >= 4 is 12.0 Å². The van der Waals surface area contributed by atoms with E-state index in [9.17, 15) is 9.59 Å². The lowest BCUT2D eigenvalue weighted by Gasteiger charge is -2.42. The van der Waals surface area contributed by atoms with Gasteiger partial charge in [0.15, 0.2) is 0 Å². The average molecular weight is 296 g/mol. The van der Waals surface area contributed by atoms with Gasteiger partial charge in [-0.15, -0.1) is 0 Å². The zero-order valence-electron chi connectivity index (χ0n) is 13.2. The second-order valence-corrected chi connectivity index (χ2v) is 7.18. The highest BCUT2D eigenvalue weighted by Gasteiger charge is 2.36. The van der Waals surface area contributed by atoms with Crippen LogP contribution in [0.4, 0.5) is 4.79 Å². The number of rotatable bonds is 3. The molecule has 0 bridgehead atoms. The Hall–Kier alpha value is -1.26. The summed E-state index contributed by atoms with van der Waals surface area (Å²) in [5.74, 6) is -0.822. The van der Waals surface area contributed by atoms with Crippen molar-refractivity contribution in [2.75, 3.05) is 6.54 Å². The summed E-state index contributed by atoms with van der Waals surface area (Å²) < 4.78 is 0. The summed E-state index contributed by atoms with van der Waals surface area (Å²) in [4.78, 5) is 25.3. The number of carbonyl (C=O) groups excluding carboxylic acids is 1. The zero-order chi connectivity index (χ0) is 15.5. The Morgan fingerprint density at radius 1 is 1.19 bits per heavy atom. The molecule has 0 spiro atoms. The summed E-state index contributed by atoms with van der Waals surface area (Å²) in [6, 6.07) is -0.0185. The Bertz CT molecular complexity index is 395. The molecular weight excluding hydrogens is 268 g/mol. The van der Waals surface area contributed by atoms with Crippen molar-refractivity contribution in [1.82, 2.24) is 10.2 Å². The fraction of sp³-hybridized carbons (Fsp3) is 0.875. The van der Waals surface area contributed by atoms with Crippen molar-refractivity contribution in [3.63, 3.8) is 0 Å². The van der Waals surface area contributed by atoms with Crippen molar-refractivity contribution < 1.29 is 14.7 Å². The number of piperidine rings is 1. The average Bonchev–Trinajstić information content (AvgIpc) is 2.41. The normalized spacial score (nSPS) is 29.0. The lowest BCUT2D eigenvalue weighted by molar-refractivity contribution is -0.138. The maximum atomic E-state index is 12.6. The summed E-state index contributed by atoms with van der Waals surface area (Å²) in [7, 11) is 0. The topological polar surface area (TPSA) is 69.6 Å². The Kier molecular flexibility index (Phi) is 5.12. The first kappa shape index (κ1) is 16.1. The number of carboxylic acids is 1. The van der Waals surface area contributed by atoms with Crippen molar-refractivity contribution in [2.45, 2.75) is 77.3 Å². The van der Waals surface area contributed by atoms with Gasteiger partial charge < -0.3 is 15.3 Å². The van der Waals surface area contributed by atoms with E-state index in [-0.39, 0.29) is 30.0 Å². The quantitative estimate of drug-likeness (QED) is 0.841. The molecule has 2 amide bonds. The van der Waals surface area contributed by atoms with Crippen LogP contribution < -0.4 is 5.32 Å². The molecule has 5 nitrogen and oxygen atoms in total. The van der Waals surface area contributed by atoms with Crippen LogP contribution in [0.2, 0.25) is 0 Å². The molecular formula is C16H28N2O3. The predicted molar refractivity (Wildman–Crippen MR) is 81.2 cm³/mol. The van der Waals surface area contributed by atoms with E-state index >= 15 is 0 Å². The second kappa shape index (κ2) is 6.67. The van der Waals surface area contributed by atoms with Gasteiger partial charge in [0.05, 0.1) is 6.42 Å². The van der Waals surface area contributed by atoms with Crippen LogP contribution >= 0.6 is 0 Å². The smallest absolute Gasteiger partial charge is 0.317 e. The number of nitrogens with zero attached hydrogens (tertiary/aromatic N) is 1. The summed E-state index contributed by atoms with van der Waals surface area (Å²) in [5.41, 5.74) is 0.131. The minimum absolute atomic E-state index is 0.0570. The van der Waals surface area contributed by atoms with E-state index in [0.717, 1.165) is 38.5 Å². The number of amides is 2. The maximum Gasteiger partial charge on any atom is 0.317 e. The monoisotopic (exact) mass is 296 g/mol. The van der Waals surface area contributed by atoms with Crippen LogP contribution in [0.15, 0.2) is 0 Å². The molecule has 2 unspecified atom stereocenters. The molecule has 5 heteroatoms. The Morgan fingerprint density at radius 3 is 2.57 bits per heavy atom. The number of likely N-dealkylation sites (tertiary alicyclic amines) is 1. The zero-order valence-corrected chi connectivity index (χ0v) is 13.2. The van der Waals surface area contributed by atoms with Crippen LogP contribution in [0, 0.1) is 5.41 Å². The number of carboxylic acid groups (broad SMARTS) is 1. The van der Waals surface area contributed by atoms with E-state index in [1.807, 2.05) is 0 Å². The molecule has 0 aromatic heterocycles. The Balaban J connectivity index is 1.98. The van der Waals surface area contributed by atoms with Crippen LogP contribution in [0.1, 0.15) is 65.2 Å². The first-order chi connectivity index (χ1) is 9.90. The molecule has 1 saturated heterocycles. The van der Waals surface area contributed by atoms with Crippen LogP contribution in [0.25, 0.3) is 0 Å². The minimum atomic E-state index is -0.822. The highest BCUT2D eigenvalue weighted by atomic mass is 16.4. The van der Waals surface area contributed by atoms with Crippen molar-refractivity contribution in [1.29, 1.82) is 0 Å². The molecule has 0 radical (unpaired) electrons. The fourth-order valence-electron chi connectivity index (χ4n) is 3.68. The predicted octanol–water partition coefficient (Wildman–Crippen LogP) is 2.99. The van der Waals surface area contributed by atoms with Crippen LogP contribution in [0.3, 0.4) is 0 Å². The van der Waals surface area contributed by atoms with Gasteiger partial charge in [-0.05, 0) is 37.5 Å². The molecule has 2 rings (SSSR count). The highest BCUT2D eigenvalue weighted by Crippen LogP contribution is 2.35. The highest BCUT2D eigenvalue weighted by molar-refractivity contribution is 5.76. The second-order valence-electron chi connectivity index (χ2n) is 7.18. The van der Waals surface area contributed by atoms with Gasteiger partial charge >= 0.3 is 12.0 Å². The first-order valence-electron chi connectivity index (χ1n) is 8.19. The van der Waals surface area contributed by atoms with Crippen LogP contribution in [-0.4, -0.2) is 40.6 Å². The van der Waals surface area contributed by atoms with Crippen molar-refractivity contribution in [3.05, 3.63) is 0 Å². The largest absolute Gasteiger partial charge is 0.481 e. The molecule has 1 heterocycles. The third-order valence-electron chi connectivity index (χ3n) is 5.10. The number of urea groups is 1. The summed E-state index contributed by atoms with van der Waals surface area (Å²) in [6.07, 6.45) is 7.38. The molecule has 2 N–H and O–H groups in total. The number of hydrogen-bond donors (Lipinski definition) is 2. The number of hydrogen-bond acceptors (Lipinski definition) is 2. The summed E-state index contributed by atoms with van der Waals surface area (Å²) in [5, 5.41) is 12.2. The molecule has 2 aliphatic rings. The van der Waals surface area contributed by atoms with Crippen molar-refractivity contribution in [3.8, 4) is 0 Å². The van der Waals surface area contributed by atoms with Gasteiger partial charge in [-0.2, -0.15) is 0 Å². The number of nitrogens with one attached hydrogen (secondary N) is 1. The summed E-state index contributed by atoms with van der Waals surface area (Å²) >= 11 is 0. The lowest BCUT2D eigenvalue weighted by Crippen LogP contribution is -2.55. The van der Waals surface area contributed by atoms with E-state index in [1.165, 1.54) is 6.42 Å². The molecule has 2 atom stereocenters. The molecule has 21 heavy (non-hydrogen) atoms. The van der Waals surface area contributed by atoms with Crippen molar-refractivity contribution in [2.24, 2.45) is 5.41 Å². The van der Waals surface area contributed by atoms with Gasteiger partial charge in [-0.25, -0.2) is 4.79 Å². The number of aliphatic carboxylic acids is 1. The number of carbonyl (C=O) groups is 2. The summed E-state index contributed by atoms with van der Waals surface area (Å²) in [6.45, 7) is 5.10. The van der Waals surface area contributed by atoms with E-state index in [2.05, 4.69) is 19.2 Å². The van der Waals surface area contributed by atoms with Gasteiger partial charge in [-0.1, -0.05) is 26.7 Å². The molecule has 0 aromatic carbocycles. The van der Waals surface area contributed by atoms with Crippen LogP contribution in [0.5, 0.6) is 0 Å². The van der Waals surface area contributed by atoms with Gasteiger partial charge in [0.25, 0.3) is 0 Å². The van der Waals surface area contributed by atoms with E-state index in [0.29, 0.717) is 6.54 Å². The molecule has 1 aliphatic carbocycles. The van der Waals surface area contributed by atoms with Crippen LogP contribution in [-0.2, 0) is 4.79 Å². The molecule has 2 fully saturated rings. The van der Waals surface area contributed by atoms with Gasteiger partial charge in [-0.3, -0.25) is 4.79 Å². The third kappa shape index (κ3) is 4.11. The Morgan fingerprint density at radius 2 is 1.90 bits per heavy atom. The SMILES string of the molecule is CC1(C)CCCCC1NC(=O)N1CCCCC1CC(=O)O. The lowest BCUT2D eigenvalue weighted by atomic mass is 9.73. The van der Waals surface area contributed by atoms with E-state index in [1.54, 1.807) is 4.90 Å². The Labute approximate surface area is 127 Å². The standard InChI is InChI=1S/C16H28N2O3/c1-16(2)9-5-3-8-13(16)17-15(21)18-10-6-4-7-12(18)11-14(19)20/h12-13H,3-11H2,1-2H3,(H,17,21)(H,19,20). The van der Waals surface area contributed by atoms with Gasteiger partial charge in [0.2, 0.25) is 0 Å². The first-order valence-corrected chi connectivity index (χ1v) is 8.19. The minimum Gasteiger partial charge on any atom is -0.481 e. The maximum absolute atomic E-state index is 12.6. The fourth-order valence-corrected chi connectivity index (χ4v) is 3.68. The van der Waals surface area contributed by atoms with Gasteiger partial charge in [0, 0.05) is 18.6 Å². The molecule has 120 valence electrons. The van der Waals surface area contributed by atoms with E-state index < -0.39 is 5.97 Å². The molecule has 1 aliphatic heterocycles. The third-order valence-corrected chi connectivity index (χ3v) is 5.10. The molecule has 0 aromatic rings. The van der Waals surface area contributed by atoms with E-state index in [4.69, 9.17) is 5.11 Å².